The molecule has 9 nitrogen and oxygen atoms in total. The summed E-state index contributed by atoms with van der Waals surface area (Å²) in [7, 11) is 0. The Labute approximate surface area is 225 Å². The Balaban J connectivity index is 1.28. The van der Waals surface area contributed by atoms with Crippen LogP contribution >= 0.6 is 11.8 Å². The number of carbonyl (C=O) groups excluding carboxylic acids is 2. The average Bonchev–Trinajstić information content (AvgIpc) is 3.60. The number of rotatable bonds is 9. The van der Waals surface area contributed by atoms with Crippen LogP contribution in [0.4, 0.5) is 0 Å². The lowest BCUT2D eigenvalue weighted by Crippen LogP contribution is -2.43. The molecule has 1 fully saturated rings. The van der Waals surface area contributed by atoms with E-state index in [1.165, 1.54) is 18.0 Å². The van der Waals surface area contributed by atoms with Gasteiger partial charge in [0.15, 0.2) is 10.9 Å². The fourth-order valence-corrected chi connectivity index (χ4v) is 5.32. The molecule has 2 aromatic heterocycles. The first-order valence-corrected chi connectivity index (χ1v) is 13.7. The summed E-state index contributed by atoms with van der Waals surface area (Å²) in [5.74, 6) is 0.839. The van der Waals surface area contributed by atoms with E-state index in [1.54, 1.807) is 11.8 Å². The van der Waals surface area contributed by atoms with Gasteiger partial charge in [-0.05, 0) is 37.5 Å². The molecule has 1 saturated heterocycles. The van der Waals surface area contributed by atoms with Crippen molar-refractivity contribution in [2.45, 2.75) is 37.1 Å². The van der Waals surface area contributed by atoms with Crippen LogP contribution in [0.2, 0.25) is 0 Å². The second-order valence-corrected chi connectivity index (χ2v) is 9.93. The Hall–Kier alpha value is -3.92. The van der Waals surface area contributed by atoms with E-state index in [2.05, 4.69) is 27.3 Å². The quantitative estimate of drug-likeness (QED) is 0.229. The van der Waals surface area contributed by atoms with Gasteiger partial charge >= 0.3 is 5.97 Å². The number of ether oxygens (including phenoxy) is 1. The van der Waals surface area contributed by atoms with Gasteiger partial charge in [-0.25, -0.2) is 4.98 Å². The molecule has 1 aliphatic rings. The van der Waals surface area contributed by atoms with E-state index >= 15 is 0 Å². The largest absolute Gasteiger partial charge is 0.466 e. The van der Waals surface area contributed by atoms with Gasteiger partial charge < -0.3 is 14.1 Å². The van der Waals surface area contributed by atoms with Gasteiger partial charge in [0.2, 0.25) is 5.89 Å². The lowest BCUT2D eigenvalue weighted by Gasteiger charge is -2.30. The zero-order valence-electron chi connectivity index (χ0n) is 21.2. The molecule has 0 N–H and O–H groups in total. The Bertz CT molecular complexity index is 1370. The number of hydrogen-bond donors (Lipinski definition) is 0. The summed E-state index contributed by atoms with van der Waals surface area (Å²) in [5.41, 5.74) is 2.35. The molecule has 1 aliphatic heterocycles. The van der Waals surface area contributed by atoms with Gasteiger partial charge in [-0.15, -0.1) is 10.2 Å². The monoisotopic (exact) mass is 531 g/mol. The van der Waals surface area contributed by atoms with Crippen molar-refractivity contribution >= 4 is 23.6 Å². The highest BCUT2D eigenvalue weighted by Gasteiger charge is 2.31. The molecule has 0 saturated carbocycles. The summed E-state index contributed by atoms with van der Waals surface area (Å²) in [5, 5.41) is 9.63. The van der Waals surface area contributed by atoms with Crippen LogP contribution in [-0.2, 0) is 21.7 Å². The van der Waals surface area contributed by atoms with Crippen LogP contribution in [-0.4, -0.2) is 56.2 Å². The van der Waals surface area contributed by atoms with Crippen molar-refractivity contribution in [3.63, 3.8) is 0 Å². The summed E-state index contributed by atoms with van der Waals surface area (Å²) >= 11 is 1.44. The van der Waals surface area contributed by atoms with Crippen LogP contribution in [0.3, 0.4) is 0 Å². The average molecular weight is 532 g/mol. The SMILES string of the molecule is CCOC(=O)C1CCCN(C(=O)c2coc(CSc3nnc(Cc4ccccc4)n3-c3ccccc3)n2)C1. The molecule has 1 atom stereocenters. The molecule has 0 spiro atoms. The summed E-state index contributed by atoms with van der Waals surface area (Å²) < 4.78 is 12.8. The van der Waals surface area contributed by atoms with Crippen molar-refractivity contribution in [1.29, 1.82) is 0 Å². The standard InChI is InChI=1S/C28H29N5O4S/c1-2-36-27(35)21-12-9-15-32(17-21)26(34)23-18-37-25(29-23)19-38-28-31-30-24(16-20-10-5-3-6-11-20)33(28)22-13-7-4-8-14-22/h3-8,10-11,13-14,18,21H,2,9,12,15-17,19H2,1H3. The maximum Gasteiger partial charge on any atom is 0.310 e. The Morgan fingerprint density at radius 2 is 1.84 bits per heavy atom. The van der Waals surface area contributed by atoms with Crippen LogP contribution in [0, 0.1) is 5.92 Å². The number of amides is 1. The van der Waals surface area contributed by atoms with Gasteiger partial charge in [-0.2, -0.15) is 0 Å². The second-order valence-electron chi connectivity index (χ2n) is 8.99. The van der Waals surface area contributed by atoms with Gasteiger partial charge in [0.25, 0.3) is 5.91 Å². The molecule has 10 heteroatoms. The minimum Gasteiger partial charge on any atom is -0.466 e. The number of likely N-dealkylation sites (tertiary alicyclic amines) is 1. The lowest BCUT2D eigenvalue weighted by molar-refractivity contribution is -0.149. The van der Waals surface area contributed by atoms with Crippen molar-refractivity contribution in [2.75, 3.05) is 19.7 Å². The lowest BCUT2D eigenvalue weighted by atomic mass is 9.98. The highest BCUT2D eigenvalue weighted by Crippen LogP contribution is 2.27. The van der Waals surface area contributed by atoms with Crippen LogP contribution in [0.25, 0.3) is 5.69 Å². The molecule has 0 bridgehead atoms. The summed E-state index contributed by atoms with van der Waals surface area (Å²) in [6.07, 6.45) is 3.49. The van der Waals surface area contributed by atoms with Crippen molar-refractivity contribution < 1.29 is 18.7 Å². The van der Waals surface area contributed by atoms with Crippen LogP contribution in [0.15, 0.2) is 76.5 Å². The predicted octanol–water partition coefficient (Wildman–Crippen LogP) is 4.55. The molecule has 2 aromatic carbocycles. The number of nitrogens with zero attached hydrogens (tertiary/aromatic N) is 5. The van der Waals surface area contributed by atoms with E-state index in [1.807, 2.05) is 53.1 Å². The smallest absolute Gasteiger partial charge is 0.310 e. The number of benzene rings is 2. The zero-order chi connectivity index (χ0) is 26.3. The molecule has 196 valence electrons. The van der Waals surface area contributed by atoms with E-state index in [0.717, 1.165) is 29.9 Å². The third kappa shape index (κ3) is 5.96. The molecule has 38 heavy (non-hydrogen) atoms. The number of para-hydroxylation sites is 1. The molecular weight excluding hydrogens is 502 g/mol. The van der Waals surface area contributed by atoms with Crippen LogP contribution in [0.5, 0.6) is 0 Å². The van der Waals surface area contributed by atoms with E-state index in [9.17, 15) is 9.59 Å². The number of carbonyl (C=O) groups is 2. The number of aromatic nitrogens is 4. The zero-order valence-corrected chi connectivity index (χ0v) is 22.0. The number of oxazole rings is 1. The minimum absolute atomic E-state index is 0.236. The third-order valence-corrected chi connectivity index (χ3v) is 7.26. The molecule has 1 amide bonds. The Morgan fingerprint density at radius 3 is 2.61 bits per heavy atom. The number of esters is 1. The van der Waals surface area contributed by atoms with E-state index in [4.69, 9.17) is 9.15 Å². The fourth-order valence-electron chi connectivity index (χ4n) is 4.50. The van der Waals surface area contributed by atoms with E-state index < -0.39 is 0 Å². The highest BCUT2D eigenvalue weighted by atomic mass is 32.2. The van der Waals surface area contributed by atoms with Gasteiger partial charge in [0.05, 0.1) is 18.3 Å². The predicted molar refractivity (Wildman–Crippen MR) is 142 cm³/mol. The molecular formula is C28H29N5O4S. The molecule has 0 radical (unpaired) electrons. The third-order valence-electron chi connectivity index (χ3n) is 6.34. The van der Waals surface area contributed by atoms with Gasteiger partial charge in [0.1, 0.15) is 12.1 Å². The summed E-state index contributed by atoms with van der Waals surface area (Å²) in [6, 6.07) is 20.1. The summed E-state index contributed by atoms with van der Waals surface area (Å²) in [4.78, 5) is 31.3. The first kappa shape index (κ1) is 25.7. The first-order valence-electron chi connectivity index (χ1n) is 12.7. The topological polar surface area (TPSA) is 103 Å². The molecule has 1 unspecified atom stereocenters. The number of thioether (sulfide) groups is 1. The maximum absolute atomic E-state index is 13.0. The van der Waals surface area contributed by atoms with E-state index in [0.29, 0.717) is 42.9 Å². The number of piperidine rings is 1. The Morgan fingerprint density at radius 1 is 1.08 bits per heavy atom. The fraction of sp³-hybridized carbons (Fsp3) is 0.321. The second kappa shape index (κ2) is 12.1. The maximum atomic E-state index is 13.0. The van der Waals surface area contributed by atoms with Gasteiger partial charge in [-0.1, -0.05) is 60.3 Å². The van der Waals surface area contributed by atoms with Crippen molar-refractivity contribution in [1.82, 2.24) is 24.6 Å². The first-order chi connectivity index (χ1) is 18.6. The highest BCUT2D eigenvalue weighted by molar-refractivity contribution is 7.98. The van der Waals surface area contributed by atoms with Crippen molar-refractivity contribution in [2.24, 2.45) is 5.92 Å². The minimum atomic E-state index is -0.302. The van der Waals surface area contributed by atoms with Gasteiger partial charge in [-0.3, -0.25) is 14.2 Å². The molecule has 5 rings (SSSR count). The van der Waals surface area contributed by atoms with Crippen molar-refractivity contribution in [3.8, 4) is 5.69 Å². The molecule has 3 heterocycles. The van der Waals surface area contributed by atoms with Gasteiger partial charge in [0, 0.05) is 25.2 Å². The van der Waals surface area contributed by atoms with Crippen LogP contribution in [0.1, 0.15) is 47.5 Å². The number of hydrogen-bond acceptors (Lipinski definition) is 8. The molecule has 0 aliphatic carbocycles. The Kier molecular flexibility index (Phi) is 8.18. The summed E-state index contributed by atoms with van der Waals surface area (Å²) in [6.45, 7) is 3.03. The van der Waals surface area contributed by atoms with Crippen molar-refractivity contribution in [3.05, 3.63) is 89.9 Å². The normalized spacial score (nSPS) is 15.4. The van der Waals surface area contributed by atoms with E-state index in [-0.39, 0.29) is 23.5 Å². The van der Waals surface area contributed by atoms with Crippen LogP contribution < -0.4 is 0 Å². The molecule has 4 aromatic rings.